The van der Waals surface area contributed by atoms with Crippen LogP contribution in [0.3, 0.4) is 0 Å². The summed E-state index contributed by atoms with van der Waals surface area (Å²) < 4.78 is 4.32. The first kappa shape index (κ1) is 8.66. The van der Waals surface area contributed by atoms with Gasteiger partial charge in [-0.15, -0.1) is 0 Å². The minimum Gasteiger partial charge on any atom is -0.396 e. The van der Waals surface area contributed by atoms with Gasteiger partial charge in [0.15, 0.2) is 5.69 Å². The van der Waals surface area contributed by atoms with Crippen LogP contribution in [-0.2, 0) is 6.42 Å². The van der Waals surface area contributed by atoms with E-state index in [4.69, 9.17) is 10.8 Å². The molecule has 0 fully saturated rings. The second-order valence-corrected chi connectivity index (χ2v) is 2.25. The number of aliphatic hydroxyl groups excluding tert-OH is 1. The van der Waals surface area contributed by atoms with Crippen molar-refractivity contribution in [2.75, 3.05) is 6.61 Å². The Morgan fingerprint density at radius 3 is 2.92 bits per heavy atom. The van der Waals surface area contributed by atoms with Crippen molar-refractivity contribution in [3.63, 3.8) is 0 Å². The standard InChI is InChI=1S/C6H9N3O3/c7-6(11)5-4(2-1-3-10)8-12-9-5/h10H,1-3H2,(H2,7,11). The number of primary amides is 1. The highest BCUT2D eigenvalue weighted by Gasteiger charge is 2.13. The predicted molar refractivity (Wildman–Crippen MR) is 38.2 cm³/mol. The molecule has 3 N–H and O–H groups in total. The van der Waals surface area contributed by atoms with Gasteiger partial charge in [-0.2, -0.15) is 0 Å². The van der Waals surface area contributed by atoms with Gasteiger partial charge in [-0.05, 0) is 18.0 Å². The number of hydrogen-bond acceptors (Lipinski definition) is 5. The molecule has 0 radical (unpaired) electrons. The molecule has 1 heterocycles. The molecule has 0 saturated carbocycles. The molecule has 12 heavy (non-hydrogen) atoms. The van der Waals surface area contributed by atoms with Crippen LogP contribution in [0.1, 0.15) is 22.6 Å². The summed E-state index contributed by atoms with van der Waals surface area (Å²) in [6, 6.07) is 0. The van der Waals surface area contributed by atoms with E-state index in [1.54, 1.807) is 0 Å². The minimum absolute atomic E-state index is 0.0328. The van der Waals surface area contributed by atoms with Crippen molar-refractivity contribution >= 4 is 5.91 Å². The smallest absolute Gasteiger partial charge is 0.272 e. The third kappa shape index (κ3) is 1.79. The first-order valence-corrected chi connectivity index (χ1v) is 3.47. The van der Waals surface area contributed by atoms with Gasteiger partial charge < -0.3 is 10.8 Å². The van der Waals surface area contributed by atoms with Crippen LogP contribution in [0.2, 0.25) is 0 Å². The van der Waals surface area contributed by atoms with Crippen LogP contribution >= 0.6 is 0 Å². The second-order valence-electron chi connectivity index (χ2n) is 2.25. The Kier molecular flexibility index (Phi) is 2.76. The molecule has 0 aliphatic heterocycles. The Bertz CT molecular complexity index is 271. The van der Waals surface area contributed by atoms with Crippen molar-refractivity contribution in [3.05, 3.63) is 11.4 Å². The van der Waals surface area contributed by atoms with Crippen LogP contribution < -0.4 is 5.73 Å². The number of rotatable bonds is 4. The number of carbonyl (C=O) groups is 1. The molecule has 6 heteroatoms. The van der Waals surface area contributed by atoms with Crippen molar-refractivity contribution in [3.8, 4) is 0 Å². The number of nitrogens with zero attached hydrogens (tertiary/aromatic N) is 2. The third-order valence-corrected chi connectivity index (χ3v) is 1.36. The van der Waals surface area contributed by atoms with E-state index in [1.165, 1.54) is 0 Å². The zero-order valence-corrected chi connectivity index (χ0v) is 6.36. The van der Waals surface area contributed by atoms with E-state index >= 15 is 0 Å². The van der Waals surface area contributed by atoms with Crippen LogP contribution in [0.25, 0.3) is 0 Å². The SMILES string of the molecule is NC(=O)c1nonc1CCCO. The van der Waals surface area contributed by atoms with E-state index in [2.05, 4.69) is 14.9 Å². The van der Waals surface area contributed by atoms with E-state index in [1.807, 2.05) is 0 Å². The Morgan fingerprint density at radius 1 is 1.58 bits per heavy atom. The van der Waals surface area contributed by atoms with Crippen LogP contribution in [0, 0.1) is 0 Å². The van der Waals surface area contributed by atoms with E-state index in [0.717, 1.165) is 0 Å². The molecule has 0 aliphatic rings. The fourth-order valence-electron chi connectivity index (χ4n) is 0.804. The zero-order chi connectivity index (χ0) is 8.97. The van der Waals surface area contributed by atoms with E-state index in [0.29, 0.717) is 18.5 Å². The molecule has 66 valence electrons. The molecule has 0 aromatic carbocycles. The van der Waals surface area contributed by atoms with Gasteiger partial charge in [-0.3, -0.25) is 4.79 Å². The Balaban J connectivity index is 2.70. The summed E-state index contributed by atoms with van der Waals surface area (Å²) in [7, 11) is 0. The fraction of sp³-hybridized carbons (Fsp3) is 0.500. The Morgan fingerprint density at radius 2 is 2.33 bits per heavy atom. The summed E-state index contributed by atoms with van der Waals surface area (Å²) in [6.07, 6.45) is 0.951. The molecule has 0 spiro atoms. The highest BCUT2D eigenvalue weighted by atomic mass is 16.6. The summed E-state index contributed by atoms with van der Waals surface area (Å²) in [5, 5.41) is 15.3. The van der Waals surface area contributed by atoms with Gasteiger partial charge in [0.25, 0.3) is 5.91 Å². The van der Waals surface area contributed by atoms with Gasteiger partial charge in [-0.1, -0.05) is 5.16 Å². The number of hydrogen-bond donors (Lipinski definition) is 2. The average Bonchev–Trinajstić information content (AvgIpc) is 2.48. The summed E-state index contributed by atoms with van der Waals surface area (Å²) in [5.74, 6) is -0.663. The Hall–Kier alpha value is -1.43. The third-order valence-electron chi connectivity index (χ3n) is 1.36. The van der Waals surface area contributed by atoms with Gasteiger partial charge in [-0.25, -0.2) is 4.63 Å². The van der Waals surface area contributed by atoms with Crippen LogP contribution in [0.4, 0.5) is 0 Å². The summed E-state index contributed by atoms with van der Waals surface area (Å²) >= 11 is 0. The quantitative estimate of drug-likeness (QED) is 0.610. The molecule has 1 aromatic heterocycles. The normalized spacial score (nSPS) is 10.1. The second kappa shape index (κ2) is 3.82. The number of aromatic nitrogens is 2. The lowest BCUT2D eigenvalue weighted by Crippen LogP contribution is -2.14. The predicted octanol–water partition coefficient (Wildman–Crippen LogP) is -0.907. The van der Waals surface area contributed by atoms with Crippen LogP contribution in [0.15, 0.2) is 4.63 Å². The monoisotopic (exact) mass is 171 g/mol. The molecule has 0 aliphatic carbocycles. The number of amides is 1. The first-order valence-electron chi connectivity index (χ1n) is 3.47. The van der Waals surface area contributed by atoms with Gasteiger partial charge in [0.2, 0.25) is 0 Å². The molecule has 0 atom stereocenters. The van der Waals surface area contributed by atoms with Gasteiger partial charge >= 0.3 is 0 Å². The molecule has 6 nitrogen and oxygen atoms in total. The maximum Gasteiger partial charge on any atom is 0.272 e. The number of nitrogens with two attached hydrogens (primary N) is 1. The van der Waals surface area contributed by atoms with E-state index in [9.17, 15) is 4.79 Å². The fourth-order valence-corrected chi connectivity index (χ4v) is 0.804. The lowest BCUT2D eigenvalue weighted by atomic mass is 10.2. The van der Waals surface area contributed by atoms with Gasteiger partial charge in [0, 0.05) is 6.61 Å². The molecule has 0 bridgehead atoms. The molecule has 0 saturated heterocycles. The van der Waals surface area contributed by atoms with E-state index < -0.39 is 5.91 Å². The van der Waals surface area contributed by atoms with Crippen LogP contribution in [-0.4, -0.2) is 27.9 Å². The maximum absolute atomic E-state index is 10.6. The Labute approximate surface area is 68.3 Å². The maximum atomic E-state index is 10.6. The van der Waals surface area contributed by atoms with Crippen molar-refractivity contribution in [1.82, 2.24) is 10.3 Å². The van der Waals surface area contributed by atoms with Gasteiger partial charge in [0.1, 0.15) is 5.69 Å². The zero-order valence-electron chi connectivity index (χ0n) is 6.36. The topological polar surface area (TPSA) is 102 Å². The molecule has 1 amide bonds. The largest absolute Gasteiger partial charge is 0.396 e. The minimum atomic E-state index is -0.663. The number of carbonyl (C=O) groups excluding carboxylic acids is 1. The number of aryl methyl sites for hydroxylation is 1. The molecule has 1 aromatic rings. The van der Waals surface area contributed by atoms with Crippen molar-refractivity contribution in [2.24, 2.45) is 5.73 Å². The summed E-state index contributed by atoms with van der Waals surface area (Å²) in [4.78, 5) is 10.6. The van der Waals surface area contributed by atoms with Crippen molar-refractivity contribution in [2.45, 2.75) is 12.8 Å². The summed E-state index contributed by atoms with van der Waals surface area (Å²) in [6.45, 7) is 0.0328. The lowest BCUT2D eigenvalue weighted by molar-refractivity contribution is 0.0990. The molecule has 1 rings (SSSR count). The summed E-state index contributed by atoms with van der Waals surface area (Å²) in [5.41, 5.74) is 5.41. The lowest BCUT2D eigenvalue weighted by Gasteiger charge is -1.92. The van der Waals surface area contributed by atoms with Gasteiger partial charge in [0.05, 0.1) is 0 Å². The average molecular weight is 171 g/mol. The van der Waals surface area contributed by atoms with E-state index in [-0.39, 0.29) is 12.3 Å². The highest BCUT2D eigenvalue weighted by molar-refractivity contribution is 5.91. The molecular formula is C6H9N3O3. The highest BCUT2D eigenvalue weighted by Crippen LogP contribution is 2.04. The van der Waals surface area contributed by atoms with Crippen LogP contribution in [0.5, 0.6) is 0 Å². The van der Waals surface area contributed by atoms with Crippen molar-refractivity contribution < 1.29 is 14.5 Å². The number of aliphatic hydroxyl groups is 1. The van der Waals surface area contributed by atoms with Crippen molar-refractivity contribution in [1.29, 1.82) is 0 Å². The molecular weight excluding hydrogens is 162 g/mol. The first-order chi connectivity index (χ1) is 5.75. The molecule has 0 unspecified atom stereocenters.